The summed E-state index contributed by atoms with van der Waals surface area (Å²) in [4.78, 5) is 11.5. The van der Waals surface area contributed by atoms with E-state index in [0.717, 1.165) is 25.0 Å². The Kier molecular flexibility index (Phi) is 4.98. The van der Waals surface area contributed by atoms with Crippen molar-refractivity contribution in [1.29, 1.82) is 0 Å². The molecule has 0 aromatic carbocycles. The van der Waals surface area contributed by atoms with Crippen LogP contribution in [0.2, 0.25) is 0 Å². The molecule has 1 atom stereocenters. The van der Waals surface area contributed by atoms with Crippen LogP contribution in [0.25, 0.3) is 0 Å². The SMILES string of the molecule is CCCC[C@H](N)C(=O)NCc1cc(C)on1. The maximum Gasteiger partial charge on any atom is 0.237 e. The van der Waals surface area contributed by atoms with Gasteiger partial charge in [0.25, 0.3) is 0 Å². The fourth-order valence-corrected chi connectivity index (χ4v) is 1.37. The highest BCUT2D eigenvalue weighted by Gasteiger charge is 2.12. The molecule has 1 rings (SSSR count). The average Bonchev–Trinajstić information content (AvgIpc) is 2.68. The third-order valence-corrected chi connectivity index (χ3v) is 2.33. The fraction of sp³-hybridized carbons (Fsp3) is 0.636. The number of hydrogen-bond acceptors (Lipinski definition) is 4. The number of nitrogens with two attached hydrogens (primary N) is 1. The first kappa shape index (κ1) is 12.7. The maximum atomic E-state index is 11.5. The normalized spacial score (nSPS) is 12.4. The van der Waals surface area contributed by atoms with Gasteiger partial charge in [0.05, 0.1) is 12.6 Å². The molecule has 1 aromatic rings. The number of amides is 1. The van der Waals surface area contributed by atoms with Crippen molar-refractivity contribution in [2.24, 2.45) is 5.73 Å². The molecular weight excluding hydrogens is 206 g/mol. The molecule has 1 aromatic heterocycles. The predicted octanol–water partition coefficient (Wildman–Crippen LogP) is 1.12. The standard InChI is InChI=1S/C11H19N3O2/c1-3-4-5-10(12)11(15)13-7-9-6-8(2)16-14-9/h6,10H,3-5,7,12H2,1-2H3,(H,13,15)/t10-/m0/s1. The highest BCUT2D eigenvalue weighted by atomic mass is 16.5. The minimum absolute atomic E-state index is 0.130. The summed E-state index contributed by atoms with van der Waals surface area (Å²) in [5, 5.41) is 6.51. The summed E-state index contributed by atoms with van der Waals surface area (Å²) in [5.41, 5.74) is 6.43. The van der Waals surface area contributed by atoms with E-state index in [1.807, 2.05) is 6.92 Å². The van der Waals surface area contributed by atoms with Gasteiger partial charge in [-0.2, -0.15) is 0 Å². The van der Waals surface area contributed by atoms with E-state index in [1.54, 1.807) is 6.07 Å². The second-order valence-corrected chi connectivity index (χ2v) is 3.90. The minimum atomic E-state index is -0.423. The lowest BCUT2D eigenvalue weighted by Gasteiger charge is -2.10. The van der Waals surface area contributed by atoms with Gasteiger partial charge < -0.3 is 15.6 Å². The minimum Gasteiger partial charge on any atom is -0.361 e. The van der Waals surface area contributed by atoms with Crippen LogP contribution in [0.5, 0.6) is 0 Å². The quantitative estimate of drug-likeness (QED) is 0.760. The number of rotatable bonds is 6. The van der Waals surface area contributed by atoms with Crippen molar-refractivity contribution < 1.29 is 9.32 Å². The Labute approximate surface area is 95.4 Å². The van der Waals surface area contributed by atoms with Gasteiger partial charge in [0.2, 0.25) is 5.91 Å². The van der Waals surface area contributed by atoms with Crippen LogP contribution < -0.4 is 11.1 Å². The van der Waals surface area contributed by atoms with Gasteiger partial charge in [-0.15, -0.1) is 0 Å². The molecule has 16 heavy (non-hydrogen) atoms. The van der Waals surface area contributed by atoms with Gasteiger partial charge >= 0.3 is 0 Å². The largest absolute Gasteiger partial charge is 0.361 e. The molecule has 0 radical (unpaired) electrons. The summed E-state index contributed by atoms with van der Waals surface area (Å²) in [6.07, 6.45) is 2.74. The van der Waals surface area contributed by atoms with Gasteiger partial charge in [0.1, 0.15) is 11.5 Å². The molecule has 1 heterocycles. The second-order valence-electron chi connectivity index (χ2n) is 3.90. The number of nitrogens with one attached hydrogen (secondary N) is 1. The van der Waals surface area contributed by atoms with Crippen molar-refractivity contribution in [1.82, 2.24) is 10.5 Å². The van der Waals surface area contributed by atoms with Crippen molar-refractivity contribution in [3.8, 4) is 0 Å². The zero-order valence-corrected chi connectivity index (χ0v) is 9.82. The smallest absolute Gasteiger partial charge is 0.237 e. The van der Waals surface area contributed by atoms with Crippen LogP contribution in [-0.4, -0.2) is 17.1 Å². The van der Waals surface area contributed by atoms with E-state index in [1.165, 1.54) is 0 Å². The molecule has 5 heteroatoms. The topological polar surface area (TPSA) is 81.2 Å². The van der Waals surface area contributed by atoms with E-state index in [-0.39, 0.29) is 5.91 Å². The predicted molar refractivity (Wildman–Crippen MR) is 60.6 cm³/mol. The van der Waals surface area contributed by atoms with E-state index in [2.05, 4.69) is 17.4 Å². The van der Waals surface area contributed by atoms with Crippen LogP contribution in [0.1, 0.15) is 37.6 Å². The Bertz CT molecular complexity index is 336. The number of carbonyl (C=O) groups is 1. The van der Waals surface area contributed by atoms with E-state index in [9.17, 15) is 4.79 Å². The summed E-state index contributed by atoms with van der Waals surface area (Å²) >= 11 is 0. The molecule has 0 spiro atoms. The Morgan fingerprint density at radius 3 is 3.00 bits per heavy atom. The van der Waals surface area contributed by atoms with Gasteiger partial charge in [-0.1, -0.05) is 24.9 Å². The molecule has 0 unspecified atom stereocenters. The van der Waals surface area contributed by atoms with E-state index in [0.29, 0.717) is 12.2 Å². The fourth-order valence-electron chi connectivity index (χ4n) is 1.37. The van der Waals surface area contributed by atoms with Crippen molar-refractivity contribution >= 4 is 5.91 Å². The summed E-state index contributed by atoms with van der Waals surface area (Å²) in [6, 6.07) is 1.37. The molecule has 0 aliphatic rings. The Morgan fingerprint density at radius 2 is 2.44 bits per heavy atom. The molecule has 1 amide bonds. The molecular formula is C11H19N3O2. The van der Waals surface area contributed by atoms with Gasteiger partial charge in [-0.05, 0) is 13.3 Å². The van der Waals surface area contributed by atoms with E-state index >= 15 is 0 Å². The summed E-state index contributed by atoms with van der Waals surface area (Å²) in [6.45, 7) is 4.25. The number of aromatic nitrogens is 1. The Morgan fingerprint density at radius 1 is 1.69 bits per heavy atom. The van der Waals surface area contributed by atoms with Crippen LogP contribution in [0, 0.1) is 6.92 Å². The van der Waals surface area contributed by atoms with Crippen molar-refractivity contribution in [3.05, 3.63) is 17.5 Å². The van der Waals surface area contributed by atoms with Crippen molar-refractivity contribution in [3.63, 3.8) is 0 Å². The number of nitrogens with zero attached hydrogens (tertiary/aromatic N) is 1. The van der Waals surface area contributed by atoms with Gasteiger partial charge in [0.15, 0.2) is 0 Å². The molecule has 0 saturated heterocycles. The zero-order chi connectivity index (χ0) is 12.0. The third kappa shape index (κ3) is 4.02. The highest BCUT2D eigenvalue weighted by Crippen LogP contribution is 2.02. The van der Waals surface area contributed by atoms with Crippen LogP contribution >= 0.6 is 0 Å². The molecule has 0 aliphatic carbocycles. The van der Waals surface area contributed by atoms with E-state index in [4.69, 9.17) is 10.3 Å². The van der Waals surface area contributed by atoms with Crippen molar-refractivity contribution in [2.45, 2.75) is 45.7 Å². The molecule has 0 fully saturated rings. The molecule has 5 nitrogen and oxygen atoms in total. The van der Waals surface area contributed by atoms with Crippen molar-refractivity contribution in [2.75, 3.05) is 0 Å². The first-order valence-electron chi connectivity index (χ1n) is 5.59. The van der Waals surface area contributed by atoms with Gasteiger partial charge in [-0.25, -0.2) is 0 Å². The Hall–Kier alpha value is -1.36. The second kappa shape index (κ2) is 6.27. The number of unbranched alkanes of at least 4 members (excludes halogenated alkanes) is 1. The summed E-state index contributed by atoms with van der Waals surface area (Å²) in [7, 11) is 0. The van der Waals surface area contributed by atoms with Crippen LogP contribution in [-0.2, 0) is 11.3 Å². The number of hydrogen-bond donors (Lipinski definition) is 2. The maximum absolute atomic E-state index is 11.5. The van der Waals surface area contributed by atoms with Gasteiger partial charge in [-0.3, -0.25) is 4.79 Å². The molecule has 0 aliphatic heterocycles. The van der Waals surface area contributed by atoms with E-state index < -0.39 is 6.04 Å². The summed E-state index contributed by atoms with van der Waals surface area (Å²) in [5.74, 6) is 0.605. The lowest BCUT2D eigenvalue weighted by molar-refractivity contribution is -0.122. The Balaban J connectivity index is 2.29. The third-order valence-electron chi connectivity index (χ3n) is 2.33. The lowest BCUT2D eigenvalue weighted by atomic mass is 10.1. The lowest BCUT2D eigenvalue weighted by Crippen LogP contribution is -2.40. The van der Waals surface area contributed by atoms with Gasteiger partial charge in [0, 0.05) is 6.07 Å². The number of aryl methyl sites for hydroxylation is 1. The highest BCUT2D eigenvalue weighted by molar-refractivity contribution is 5.81. The van der Waals surface area contributed by atoms with Crippen LogP contribution in [0.3, 0.4) is 0 Å². The van der Waals surface area contributed by atoms with Crippen LogP contribution in [0.15, 0.2) is 10.6 Å². The number of carbonyl (C=O) groups excluding carboxylic acids is 1. The molecule has 0 bridgehead atoms. The zero-order valence-electron chi connectivity index (χ0n) is 9.82. The first-order valence-corrected chi connectivity index (χ1v) is 5.59. The molecule has 3 N–H and O–H groups in total. The monoisotopic (exact) mass is 225 g/mol. The first-order chi connectivity index (χ1) is 7.63. The average molecular weight is 225 g/mol. The molecule has 0 saturated carbocycles. The molecule has 90 valence electrons. The summed E-state index contributed by atoms with van der Waals surface area (Å²) < 4.78 is 4.89. The van der Waals surface area contributed by atoms with Crippen LogP contribution in [0.4, 0.5) is 0 Å².